The van der Waals surface area contributed by atoms with Crippen molar-refractivity contribution in [3.63, 3.8) is 0 Å². The summed E-state index contributed by atoms with van der Waals surface area (Å²) < 4.78 is 41.4. The number of alkyl halides is 2. The molecular formula is C23H20F3N5O3S. The van der Waals surface area contributed by atoms with E-state index in [-0.39, 0.29) is 16.9 Å². The first-order valence-electron chi connectivity index (χ1n) is 11.0. The molecule has 12 heteroatoms. The summed E-state index contributed by atoms with van der Waals surface area (Å²) in [6.45, 7) is 2.04. The van der Waals surface area contributed by atoms with E-state index in [1.54, 1.807) is 17.0 Å². The van der Waals surface area contributed by atoms with E-state index in [1.165, 1.54) is 17.4 Å². The molecule has 1 aliphatic heterocycles. The summed E-state index contributed by atoms with van der Waals surface area (Å²) in [6.07, 6.45) is -0.543. The predicted octanol–water partition coefficient (Wildman–Crippen LogP) is 3.91. The lowest BCUT2D eigenvalue weighted by molar-refractivity contribution is -0.118. The summed E-state index contributed by atoms with van der Waals surface area (Å²) in [5, 5.41) is 13.8. The van der Waals surface area contributed by atoms with Gasteiger partial charge in [-0.25, -0.2) is 13.2 Å². The minimum absolute atomic E-state index is 0.00222. The number of rotatable bonds is 7. The second-order valence-corrected chi connectivity index (χ2v) is 9.48. The Balaban J connectivity index is 1.42. The van der Waals surface area contributed by atoms with E-state index < -0.39 is 40.9 Å². The van der Waals surface area contributed by atoms with Gasteiger partial charge in [0.2, 0.25) is 0 Å². The van der Waals surface area contributed by atoms with E-state index in [0.29, 0.717) is 48.5 Å². The lowest BCUT2D eigenvalue weighted by atomic mass is 10.0. The van der Waals surface area contributed by atoms with Crippen LogP contribution in [-0.2, 0) is 23.3 Å². The molecule has 3 heterocycles. The molecule has 182 valence electrons. The van der Waals surface area contributed by atoms with Gasteiger partial charge in [-0.15, -0.1) is 21.5 Å². The number of aromatic nitrogens is 3. The number of ketones is 1. The lowest BCUT2D eigenvalue weighted by Gasteiger charge is -2.14. The first-order valence-corrected chi connectivity index (χ1v) is 11.8. The van der Waals surface area contributed by atoms with Crippen molar-refractivity contribution >= 4 is 34.6 Å². The number of nitrogens with one attached hydrogen (secondary N) is 2. The molecule has 5 rings (SSSR count). The van der Waals surface area contributed by atoms with Gasteiger partial charge in [-0.3, -0.25) is 14.4 Å². The molecule has 35 heavy (non-hydrogen) atoms. The largest absolute Gasteiger partial charge is 0.341 e. The first-order chi connectivity index (χ1) is 16.7. The van der Waals surface area contributed by atoms with E-state index in [4.69, 9.17) is 0 Å². The van der Waals surface area contributed by atoms with Crippen LogP contribution in [0.15, 0.2) is 23.7 Å². The van der Waals surface area contributed by atoms with Gasteiger partial charge in [-0.1, -0.05) is 0 Å². The SMILES string of the molecule is Cc1c(C(=O)Nc2ccc(F)c(C(F)F)c2)c2n(c1C(=O)C(=O)NC1(c3nncs3)CC1)CCC2. The average molecular weight is 504 g/mol. The molecular weight excluding hydrogens is 483 g/mol. The van der Waals surface area contributed by atoms with Crippen molar-refractivity contribution in [1.82, 2.24) is 20.1 Å². The van der Waals surface area contributed by atoms with E-state index in [9.17, 15) is 27.6 Å². The molecule has 2 N–H and O–H groups in total. The summed E-state index contributed by atoms with van der Waals surface area (Å²) in [4.78, 5) is 39.3. The number of fused-ring (bicyclic) bond motifs is 1. The fourth-order valence-corrected chi connectivity index (χ4v) is 5.34. The molecule has 8 nitrogen and oxygen atoms in total. The molecule has 0 bridgehead atoms. The molecule has 0 atom stereocenters. The Morgan fingerprint density at radius 3 is 2.66 bits per heavy atom. The van der Waals surface area contributed by atoms with Crippen LogP contribution < -0.4 is 10.6 Å². The number of hydrogen-bond acceptors (Lipinski definition) is 6. The lowest BCUT2D eigenvalue weighted by Crippen LogP contribution is -2.40. The molecule has 0 saturated heterocycles. The second-order valence-electron chi connectivity index (χ2n) is 8.65. The smallest absolute Gasteiger partial charge is 0.294 e. The third-order valence-electron chi connectivity index (χ3n) is 6.42. The van der Waals surface area contributed by atoms with Crippen LogP contribution >= 0.6 is 11.3 Å². The molecule has 0 radical (unpaired) electrons. The quantitative estimate of drug-likeness (QED) is 0.376. The molecule has 3 aromatic rings. The zero-order valence-electron chi connectivity index (χ0n) is 18.5. The maximum absolute atomic E-state index is 13.6. The van der Waals surface area contributed by atoms with Crippen LogP contribution in [0, 0.1) is 12.7 Å². The minimum Gasteiger partial charge on any atom is -0.341 e. The zero-order chi connectivity index (χ0) is 24.9. The number of carbonyl (C=O) groups excluding carboxylic acids is 3. The Morgan fingerprint density at radius 2 is 2.00 bits per heavy atom. The van der Waals surface area contributed by atoms with Crippen molar-refractivity contribution < 1.29 is 27.6 Å². The summed E-state index contributed by atoms with van der Waals surface area (Å²) in [5.41, 5.74) is 1.32. The van der Waals surface area contributed by atoms with Gasteiger partial charge < -0.3 is 15.2 Å². The number of amides is 2. The molecule has 0 spiro atoms. The normalized spacial score (nSPS) is 15.7. The standard InChI is InChI=1S/C23H20F3N5O3S/c1-11-16(20(33)28-12-4-5-14(24)13(9-12)19(25)26)15-3-2-8-31(15)17(11)18(32)21(34)29-23(6-7-23)22-30-27-10-35-22/h4-5,9-10,19H,2-3,6-8H2,1H3,(H,28,33)(H,29,34). The van der Waals surface area contributed by atoms with Crippen molar-refractivity contribution in [1.29, 1.82) is 0 Å². The van der Waals surface area contributed by atoms with Crippen LogP contribution in [0.4, 0.5) is 18.9 Å². The predicted molar refractivity (Wildman–Crippen MR) is 120 cm³/mol. The van der Waals surface area contributed by atoms with Gasteiger partial charge in [-0.2, -0.15) is 0 Å². The van der Waals surface area contributed by atoms with E-state index >= 15 is 0 Å². The van der Waals surface area contributed by atoms with Crippen LogP contribution in [0.1, 0.15) is 68.4 Å². The Kier molecular flexibility index (Phi) is 5.70. The molecule has 1 aliphatic carbocycles. The Labute approximate surface area is 201 Å². The zero-order valence-corrected chi connectivity index (χ0v) is 19.3. The van der Waals surface area contributed by atoms with E-state index in [2.05, 4.69) is 20.8 Å². The minimum atomic E-state index is -3.04. The van der Waals surface area contributed by atoms with Crippen molar-refractivity contribution in [2.24, 2.45) is 0 Å². The number of carbonyl (C=O) groups is 3. The fourth-order valence-electron chi connectivity index (χ4n) is 4.58. The molecule has 1 fully saturated rings. The van der Waals surface area contributed by atoms with Gasteiger partial charge in [-0.05, 0) is 56.4 Å². The van der Waals surface area contributed by atoms with Crippen LogP contribution in [-0.4, -0.2) is 32.4 Å². The fraction of sp³-hybridized carbons (Fsp3) is 0.348. The average Bonchev–Trinajstić information content (AvgIpc) is 3.18. The van der Waals surface area contributed by atoms with Crippen molar-refractivity contribution in [2.75, 3.05) is 5.32 Å². The second kappa shape index (κ2) is 8.59. The molecule has 2 aliphatic rings. The summed E-state index contributed by atoms with van der Waals surface area (Å²) >= 11 is 1.30. The highest BCUT2D eigenvalue weighted by atomic mass is 32.1. The maximum Gasteiger partial charge on any atom is 0.294 e. The van der Waals surface area contributed by atoms with Crippen LogP contribution in [0.3, 0.4) is 0 Å². The van der Waals surface area contributed by atoms with Gasteiger partial charge in [0.1, 0.15) is 16.3 Å². The van der Waals surface area contributed by atoms with E-state index in [0.717, 1.165) is 12.1 Å². The number of nitrogens with zero attached hydrogens (tertiary/aromatic N) is 3. The molecule has 1 aromatic carbocycles. The van der Waals surface area contributed by atoms with Gasteiger partial charge in [0.05, 0.1) is 22.4 Å². The number of hydrogen-bond donors (Lipinski definition) is 2. The first kappa shape index (κ1) is 23.2. The summed E-state index contributed by atoms with van der Waals surface area (Å²) in [7, 11) is 0. The third-order valence-corrected chi connectivity index (χ3v) is 7.31. The third kappa shape index (κ3) is 4.01. The van der Waals surface area contributed by atoms with Crippen molar-refractivity contribution in [3.05, 3.63) is 62.6 Å². The highest BCUT2D eigenvalue weighted by molar-refractivity contribution is 7.09. The Morgan fingerprint density at radius 1 is 1.23 bits per heavy atom. The molecule has 1 saturated carbocycles. The molecule has 2 aromatic heterocycles. The Bertz CT molecular complexity index is 1350. The highest BCUT2D eigenvalue weighted by Gasteiger charge is 2.49. The van der Waals surface area contributed by atoms with E-state index in [1.807, 2.05) is 0 Å². The number of benzene rings is 1. The van der Waals surface area contributed by atoms with Crippen LogP contribution in [0.25, 0.3) is 0 Å². The summed E-state index contributed by atoms with van der Waals surface area (Å²) in [5.74, 6) is -3.24. The number of halogens is 3. The summed E-state index contributed by atoms with van der Waals surface area (Å²) in [6, 6.07) is 2.93. The van der Waals surface area contributed by atoms with Crippen molar-refractivity contribution in [3.8, 4) is 0 Å². The van der Waals surface area contributed by atoms with Gasteiger partial charge in [0.15, 0.2) is 0 Å². The van der Waals surface area contributed by atoms with Crippen molar-refractivity contribution in [2.45, 2.75) is 51.1 Å². The molecule has 0 unspecified atom stereocenters. The highest BCUT2D eigenvalue weighted by Crippen LogP contribution is 2.46. The van der Waals surface area contributed by atoms with Gasteiger partial charge >= 0.3 is 0 Å². The number of anilines is 1. The monoisotopic (exact) mass is 503 g/mol. The van der Waals surface area contributed by atoms with Gasteiger partial charge in [0.25, 0.3) is 24.0 Å². The Hall–Kier alpha value is -3.54. The van der Waals surface area contributed by atoms with Crippen LogP contribution in [0.5, 0.6) is 0 Å². The topological polar surface area (TPSA) is 106 Å². The number of Topliss-reactive ketones (excluding diaryl/α,β-unsaturated/α-hetero) is 1. The van der Waals surface area contributed by atoms with Gasteiger partial charge in [0, 0.05) is 17.9 Å². The van der Waals surface area contributed by atoms with Crippen LogP contribution in [0.2, 0.25) is 0 Å². The molecule has 2 amide bonds. The maximum atomic E-state index is 13.6.